The molecule has 6 aliphatic carbocycles. The number of allylic oxidation sites excluding steroid dienone is 3. The van der Waals surface area contributed by atoms with Crippen molar-refractivity contribution in [2.24, 2.45) is 56.2 Å². The molecule has 7 rings (SSSR count). The topological polar surface area (TPSA) is 125 Å². The van der Waals surface area contributed by atoms with Crippen molar-refractivity contribution in [1.82, 2.24) is 15.3 Å². The summed E-state index contributed by atoms with van der Waals surface area (Å²) >= 11 is 6.05. The van der Waals surface area contributed by atoms with Crippen molar-refractivity contribution in [2.45, 2.75) is 177 Å². The Kier molecular flexibility index (Phi) is 10.8. The highest BCUT2D eigenvalue weighted by atomic mass is 35.5. The van der Waals surface area contributed by atoms with Crippen LogP contribution >= 0.6 is 11.6 Å². The van der Waals surface area contributed by atoms with E-state index in [1.54, 1.807) is 32.3 Å². The lowest BCUT2D eigenvalue weighted by Crippen LogP contribution is -2.65. The molecule has 1 N–H and O–H groups in total. The van der Waals surface area contributed by atoms with E-state index in [2.05, 4.69) is 69.8 Å². The van der Waals surface area contributed by atoms with Gasteiger partial charge in [-0.2, -0.15) is 0 Å². The summed E-state index contributed by atoms with van der Waals surface area (Å²) in [6.07, 6.45) is 16.5. The molecule has 0 saturated heterocycles. The van der Waals surface area contributed by atoms with Gasteiger partial charge in [0.2, 0.25) is 5.91 Å². The van der Waals surface area contributed by atoms with Crippen molar-refractivity contribution in [3.63, 3.8) is 0 Å². The third-order valence-electron chi connectivity index (χ3n) is 16.9. The first kappa shape index (κ1) is 44.0. The summed E-state index contributed by atoms with van der Waals surface area (Å²) in [7, 11) is 0. The summed E-state index contributed by atoms with van der Waals surface area (Å²) in [6, 6.07) is 0. The van der Waals surface area contributed by atoms with Crippen molar-refractivity contribution in [3.05, 3.63) is 46.5 Å². The second-order valence-electron chi connectivity index (χ2n) is 22.9. The monoisotopic (exact) mass is 831 g/mol. The number of carbonyl (C=O) groups excluding carboxylic acids is 4. The summed E-state index contributed by atoms with van der Waals surface area (Å²) in [6.45, 7) is 25.6. The first-order valence-electron chi connectivity index (χ1n) is 22.4. The Morgan fingerprint density at radius 3 is 2.15 bits per heavy atom. The van der Waals surface area contributed by atoms with Crippen LogP contribution in [0.5, 0.6) is 0 Å². The number of carbonyl (C=O) groups is 4. The fraction of sp³-hybridized carbons (Fsp3) is 0.755. The molecule has 0 radical (unpaired) electrons. The van der Waals surface area contributed by atoms with Gasteiger partial charge in [0.15, 0.2) is 11.6 Å². The van der Waals surface area contributed by atoms with Crippen LogP contribution in [0.4, 0.5) is 0 Å². The number of rotatable bonds is 9. The Bertz CT molecular complexity index is 1960. The van der Waals surface area contributed by atoms with Gasteiger partial charge in [-0.25, -0.2) is 9.97 Å². The molecular formula is C49H70ClN3O6. The van der Waals surface area contributed by atoms with Crippen LogP contribution in [-0.2, 0) is 34.2 Å². The largest absolute Gasteiger partial charge is 0.462 e. The van der Waals surface area contributed by atoms with E-state index < -0.39 is 22.0 Å². The molecule has 9 nitrogen and oxygen atoms in total. The first-order valence-corrected chi connectivity index (χ1v) is 22.8. The van der Waals surface area contributed by atoms with Gasteiger partial charge in [0, 0.05) is 29.6 Å². The van der Waals surface area contributed by atoms with Gasteiger partial charge in [-0.1, -0.05) is 66.1 Å². The minimum absolute atomic E-state index is 0.0196. The van der Waals surface area contributed by atoms with Gasteiger partial charge in [-0.3, -0.25) is 19.2 Å². The Morgan fingerprint density at radius 2 is 1.54 bits per heavy atom. The van der Waals surface area contributed by atoms with Gasteiger partial charge < -0.3 is 14.8 Å². The zero-order valence-corrected chi connectivity index (χ0v) is 38.7. The van der Waals surface area contributed by atoms with Crippen LogP contribution in [-0.4, -0.2) is 45.3 Å². The number of hydrogen-bond acceptors (Lipinski definition) is 8. The summed E-state index contributed by atoms with van der Waals surface area (Å²) in [5.41, 5.74) is -0.493. The average Bonchev–Trinajstić information content (AvgIpc) is 3.82. The molecule has 5 fully saturated rings. The van der Waals surface area contributed by atoms with E-state index in [4.69, 9.17) is 21.1 Å². The van der Waals surface area contributed by atoms with Gasteiger partial charge in [0.1, 0.15) is 17.2 Å². The van der Waals surface area contributed by atoms with E-state index in [0.29, 0.717) is 29.1 Å². The number of Topliss-reactive ketones (excluding diaryl/α,β-unsaturated/α-hetero) is 1. The number of amides is 1. The van der Waals surface area contributed by atoms with Crippen LogP contribution in [0, 0.1) is 56.2 Å². The number of ether oxygens (including phenoxy) is 2. The average molecular weight is 833 g/mol. The lowest BCUT2D eigenvalue weighted by Gasteiger charge is -2.72. The van der Waals surface area contributed by atoms with E-state index >= 15 is 0 Å². The molecule has 0 unspecified atom stereocenters. The summed E-state index contributed by atoms with van der Waals surface area (Å²) in [4.78, 5) is 63.1. The van der Waals surface area contributed by atoms with E-state index in [0.717, 1.165) is 69.8 Å². The molecule has 1 amide bonds. The summed E-state index contributed by atoms with van der Waals surface area (Å²) in [5.74, 6) is 1.13. The van der Waals surface area contributed by atoms with Crippen LogP contribution in [0.2, 0.25) is 5.02 Å². The summed E-state index contributed by atoms with van der Waals surface area (Å²) in [5, 5.41) is 3.66. The molecular weight excluding hydrogens is 762 g/mol. The maximum Gasteiger partial charge on any atom is 0.312 e. The molecule has 0 spiro atoms. The quantitative estimate of drug-likeness (QED) is 0.193. The zero-order valence-electron chi connectivity index (χ0n) is 37.9. The predicted octanol–water partition coefficient (Wildman–Crippen LogP) is 10.4. The molecule has 0 aliphatic heterocycles. The highest BCUT2D eigenvalue weighted by Gasteiger charge is 2.70. The maximum absolute atomic E-state index is 14.1. The molecule has 59 heavy (non-hydrogen) atoms. The molecule has 1 aromatic heterocycles. The minimum Gasteiger partial charge on any atom is -0.462 e. The molecule has 5 saturated carbocycles. The molecule has 10 heteroatoms. The molecule has 0 aromatic carbocycles. The van der Waals surface area contributed by atoms with Crippen molar-refractivity contribution in [1.29, 1.82) is 0 Å². The van der Waals surface area contributed by atoms with E-state index in [-0.39, 0.29) is 69.6 Å². The number of nitrogens with zero attached hydrogens (tertiary/aromatic N) is 2. The molecule has 0 bridgehead atoms. The number of halogens is 1. The van der Waals surface area contributed by atoms with Gasteiger partial charge in [-0.15, -0.1) is 0 Å². The van der Waals surface area contributed by atoms with Gasteiger partial charge in [0.05, 0.1) is 16.9 Å². The Balaban J connectivity index is 1.11. The number of hydrogen-bond donors (Lipinski definition) is 1. The number of esters is 2. The molecule has 1 heterocycles. The van der Waals surface area contributed by atoms with Crippen molar-refractivity contribution in [3.8, 4) is 0 Å². The number of ketones is 1. The molecule has 6 aliphatic rings. The number of fused-ring (bicyclic) bond motifs is 7. The van der Waals surface area contributed by atoms with Crippen LogP contribution < -0.4 is 5.32 Å². The van der Waals surface area contributed by atoms with Crippen LogP contribution in [0.15, 0.2) is 35.7 Å². The molecule has 324 valence electrons. The Labute approximate surface area is 358 Å². The van der Waals surface area contributed by atoms with Crippen LogP contribution in [0.3, 0.4) is 0 Å². The normalized spacial score (nSPS) is 36.0. The third-order valence-corrected chi connectivity index (χ3v) is 17.1. The highest BCUT2D eigenvalue weighted by Crippen LogP contribution is 2.77. The fourth-order valence-electron chi connectivity index (χ4n) is 13.7. The van der Waals surface area contributed by atoms with E-state index in [9.17, 15) is 19.2 Å². The predicted molar refractivity (Wildman–Crippen MR) is 229 cm³/mol. The first-order chi connectivity index (χ1) is 27.2. The van der Waals surface area contributed by atoms with Crippen LogP contribution in [0.1, 0.15) is 166 Å². The van der Waals surface area contributed by atoms with Gasteiger partial charge >= 0.3 is 11.9 Å². The standard InChI is InChI=1S/C49H70ClN3O6/c1-29(2)38-32(54)25-48(20-17-36(55)53-49(23-24-49)40-51-27-30(50)28-52-40)22-21-46(11)31(39(38)48)13-14-34-45(10)18-16-35(44(8,9)33(45)15-19-47(34,46)12)58-37(56)26-43(6,7)41(57)59-42(3,4)5/h17,20,27-29,31,33-35H,13-16,18-19,21-26H2,1-12H3,(H,53,55)/t31-,33+,34-,35+,45+,46-,47-,48+/m1/s1. The maximum atomic E-state index is 14.1. The van der Waals surface area contributed by atoms with E-state index in [1.165, 1.54) is 5.57 Å². The minimum atomic E-state index is -0.986. The Hall–Kier alpha value is -3.07. The van der Waals surface area contributed by atoms with Crippen molar-refractivity contribution in [2.75, 3.05) is 0 Å². The SMILES string of the molecule is CC(C)C1=C2[C@H]3CC[C@@H]4[C@@]5(C)CC[C@H](OC(=O)CC(C)(C)C(=O)OC(C)(C)C)C(C)(C)[C@@H]5CC[C@@]4(C)[C@]3(C)CC[C@@]2(C=CC(=O)NC2(c3ncc(Cl)cn3)CC2)CC1=O. The highest BCUT2D eigenvalue weighted by molar-refractivity contribution is 6.30. The van der Waals surface area contributed by atoms with Crippen molar-refractivity contribution < 1.29 is 28.7 Å². The fourth-order valence-corrected chi connectivity index (χ4v) is 13.8. The van der Waals surface area contributed by atoms with E-state index in [1.807, 2.05) is 20.8 Å². The lowest BCUT2D eigenvalue weighted by atomic mass is 9.33. The smallest absolute Gasteiger partial charge is 0.312 e. The molecule has 8 atom stereocenters. The second kappa shape index (κ2) is 14.5. The number of aromatic nitrogens is 2. The molecule has 1 aromatic rings. The Morgan fingerprint density at radius 1 is 0.881 bits per heavy atom. The van der Waals surface area contributed by atoms with Gasteiger partial charge in [-0.05, 0) is 156 Å². The van der Waals surface area contributed by atoms with Crippen LogP contribution in [0.25, 0.3) is 0 Å². The summed E-state index contributed by atoms with van der Waals surface area (Å²) < 4.78 is 12.0. The second-order valence-corrected chi connectivity index (χ2v) is 23.3. The lowest BCUT2D eigenvalue weighted by molar-refractivity contribution is -0.232. The zero-order chi connectivity index (χ0) is 43.4. The third kappa shape index (κ3) is 7.33. The van der Waals surface area contributed by atoms with Gasteiger partial charge in [0.25, 0.3) is 0 Å². The number of nitrogens with one attached hydrogen (secondary N) is 1. The van der Waals surface area contributed by atoms with Crippen molar-refractivity contribution >= 4 is 35.2 Å².